The molecular formula is C12H12N4O4. The number of hydrogen-bond donors (Lipinski definition) is 3. The van der Waals surface area contributed by atoms with Gasteiger partial charge >= 0.3 is 0 Å². The standard InChI is InChI=1S/C12H12N4O4/c1-20-8-4-2-3-7(5-8)16-10(18)6-9(17)11(15-16)12(19)14-13/h2-6,17H,13H2,1H3,(H,14,19). The topological polar surface area (TPSA) is 119 Å². The number of nitrogens with zero attached hydrogens (tertiary/aromatic N) is 2. The van der Waals surface area contributed by atoms with Crippen molar-refractivity contribution in [2.45, 2.75) is 0 Å². The summed E-state index contributed by atoms with van der Waals surface area (Å²) in [6, 6.07) is 7.42. The highest BCUT2D eigenvalue weighted by atomic mass is 16.5. The van der Waals surface area contributed by atoms with Crippen LogP contribution in [0, 0.1) is 0 Å². The monoisotopic (exact) mass is 276 g/mol. The van der Waals surface area contributed by atoms with E-state index in [1.165, 1.54) is 7.11 Å². The largest absolute Gasteiger partial charge is 0.505 e. The zero-order valence-electron chi connectivity index (χ0n) is 10.5. The number of aromatic nitrogens is 2. The zero-order chi connectivity index (χ0) is 14.7. The summed E-state index contributed by atoms with van der Waals surface area (Å²) in [5, 5.41) is 13.3. The highest BCUT2D eigenvalue weighted by Gasteiger charge is 2.15. The van der Waals surface area contributed by atoms with Gasteiger partial charge < -0.3 is 9.84 Å². The second-order valence-electron chi connectivity index (χ2n) is 3.80. The smallest absolute Gasteiger partial charge is 0.289 e. The number of aromatic hydroxyl groups is 1. The Morgan fingerprint density at radius 3 is 2.85 bits per heavy atom. The molecule has 8 heteroatoms. The Kier molecular flexibility index (Phi) is 3.67. The number of carbonyl (C=O) groups is 1. The van der Waals surface area contributed by atoms with Gasteiger partial charge in [-0.25, -0.2) is 5.84 Å². The minimum atomic E-state index is -0.806. The number of nitrogens with two attached hydrogens (primary N) is 1. The van der Waals surface area contributed by atoms with E-state index in [2.05, 4.69) is 5.10 Å². The summed E-state index contributed by atoms with van der Waals surface area (Å²) in [4.78, 5) is 23.3. The summed E-state index contributed by atoms with van der Waals surface area (Å²) in [5.41, 5.74) is 1.29. The van der Waals surface area contributed by atoms with Gasteiger partial charge in [-0.1, -0.05) is 6.07 Å². The predicted molar refractivity (Wildman–Crippen MR) is 69.7 cm³/mol. The Morgan fingerprint density at radius 1 is 1.45 bits per heavy atom. The summed E-state index contributed by atoms with van der Waals surface area (Å²) in [6.45, 7) is 0. The van der Waals surface area contributed by atoms with Crippen molar-refractivity contribution < 1.29 is 14.6 Å². The molecule has 1 aromatic carbocycles. The molecule has 8 nitrogen and oxygen atoms in total. The Labute approximate surface area is 113 Å². The Balaban J connectivity index is 2.61. The summed E-state index contributed by atoms with van der Waals surface area (Å²) in [5.74, 6) is 4.16. The van der Waals surface area contributed by atoms with Gasteiger partial charge in [0.05, 0.1) is 12.8 Å². The Bertz CT molecular complexity index is 711. The van der Waals surface area contributed by atoms with Crippen molar-refractivity contribution in [3.63, 3.8) is 0 Å². The first-order chi connectivity index (χ1) is 9.56. The summed E-state index contributed by atoms with van der Waals surface area (Å²) in [7, 11) is 1.49. The lowest BCUT2D eigenvalue weighted by Crippen LogP contribution is -2.33. The molecule has 104 valence electrons. The first-order valence-electron chi connectivity index (χ1n) is 5.55. The lowest BCUT2D eigenvalue weighted by Gasteiger charge is -2.09. The molecule has 2 rings (SSSR count). The molecule has 0 aliphatic carbocycles. The fourth-order valence-electron chi connectivity index (χ4n) is 1.60. The van der Waals surface area contributed by atoms with Gasteiger partial charge in [-0.2, -0.15) is 9.78 Å². The van der Waals surface area contributed by atoms with Crippen molar-refractivity contribution >= 4 is 5.91 Å². The van der Waals surface area contributed by atoms with Gasteiger partial charge in [0.25, 0.3) is 11.5 Å². The van der Waals surface area contributed by atoms with E-state index < -0.39 is 17.2 Å². The third-order valence-electron chi connectivity index (χ3n) is 2.56. The van der Waals surface area contributed by atoms with Gasteiger partial charge in [-0.3, -0.25) is 15.0 Å². The molecule has 0 bridgehead atoms. The van der Waals surface area contributed by atoms with E-state index in [0.29, 0.717) is 11.4 Å². The van der Waals surface area contributed by atoms with E-state index in [9.17, 15) is 14.7 Å². The zero-order valence-corrected chi connectivity index (χ0v) is 10.5. The average molecular weight is 276 g/mol. The van der Waals surface area contributed by atoms with Gasteiger partial charge in [0.15, 0.2) is 11.4 Å². The number of carbonyl (C=O) groups excluding carboxylic acids is 1. The van der Waals surface area contributed by atoms with Crippen LogP contribution in [0.5, 0.6) is 11.5 Å². The van der Waals surface area contributed by atoms with Crippen LogP contribution in [-0.2, 0) is 0 Å². The molecule has 2 aromatic rings. The molecule has 0 aliphatic rings. The lowest BCUT2D eigenvalue weighted by molar-refractivity contribution is 0.0943. The molecule has 0 saturated heterocycles. The molecule has 0 atom stereocenters. The predicted octanol–water partition coefficient (Wildman–Crippen LogP) is -0.450. The quantitative estimate of drug-likeness (QED) is 0.397. The van der Waals surface area contributed by atoms with Gasteiger partial charge in [-0.15, -0.1) is 0 Å². The number of nitrogens with one attached hydrogen (secondary N) is 1. The second-order valence-corrected chi connectivity index (χ2v) is 3.80. The highest BCUT2D eigenvalue weighted by Crippen LogP contribution is 2.16. The van der Waals surface area contributed by atoms with E-state index in [-0.39, 0.29) is 5.69 Å². The third-order valence-corrected chi connectivity index (χ3v) is 2.56. The lowest BCUT2D eigenvalue weighted by atomic mass is 10.3. The van der Waals surface area contributed by atoms with Gasteiger partial charge in [-0.05, 0) is 12.1 Å². The minimum absolute atomic E-state index is 0.352. The number of nitrogen functional groups attached to an aromatic ring is 1. The van der Waals surface area contributed by atoms with Crippen molar-refractivity contribution in [2.75, 3.05) is 7.11 Å². The fourth-order valence-corrected chi connectivity index (χ4v) is 1.60. The highest BCUT2D eigenvalue weighted by molar-refractivity contribution is 5.94. The van der Waals surface area contributed by atoms with Crippen LogP contribution in [0.3, 0.4) is 0 Å². The maximum absolute atomic E-state index is 11.8. The maximum Gasteiger partial charge on any atom is 0.289 e. The number of rotatable bonds is 3. The number of amides is 1. The molecule has 1 aromatic heterocycles. The van der Waals surface area contributed by atoms with Crippen molar-refractivity contribution in [3.8, 4) is 17.2 Å². The summed E-state index contributed by atoms with van der Waals surface area (Å²) in [6.07, 6.45) is 0. The number of methoxy groups -OCH3 is 1. The van der Waals surface area contributed by atoms with E-state index in [1.807, 2.05) is 5.43 Å². The number of hydrogen-bond acceptors (Lipinski definition) is 6. The molecule has 20 heavy (non-hydrogen) atoms. The Hall–Kier alpha value is -2.87. The van der Waals surface area contributed by atoms with Crippen LogP contribution < -0.4 is 21.6 Å². The normalized spacial score (nSPS) is 10.1. The van der Waals surface area contributed by atoms with Crippen LogP contribution in [0.25, 0.3) is 5.69 Å². The molecule has 0 unspecified atom stereocenters. The average Bonchev–Trinajstić information content (AvgIpc) is 2.46. The first-order valence-corrected chi connectivity index (χ1v) is 5.55. The molecule has 0 aliphatic heterocycles. The van der Waals surface area contributed by atoms with E-state index >= 15 is 0 Å². The van der Waals surface area contributed by atoms with Crippen LogP contribution in [0.15, 0.2) is 35.1 Å². The SMILES string of the molecule is COc1cccc(-n2nc(C(=O)NN)c(O)cc2=O)c1. The van der Waals surface area contributed by atoms with Gasteiger partial charge in [0.1, 0.15) is 5.75 Å². The molecule has 0 saturated carbocycles. The van der Waals surface area contributed by atoms with E-state index in [1.54, 1.807) is 24.3 Å². The van der Waals surface area contributed by atoms with E-state index in [0.717, 1.165) is 10.7 Å². The molecule has 0 fully saturated rings. The number of hydrazine groups is 1. The second kappa shape index (κ2) is 5.41. The van der Waals surface area contributed by atoms with Crippen molar-refractivity contribution in [1.29, 1.82) is 0 Å². The molecule has 1 amide bonds. The van der Waals surface area contributed by atoms with Crippen LogP contribution in [-0.4, -0.2) is 27.9 Å². The van der Waals surface area contributed by atoms with Gasteiger partial charge in [0.2, 0.25) is 0 Å². The first kappa shape index (κ1) is 13.6. The fraction of sp³-hybridized carbons (Fsp3) is 0.0833. The number of benzene rings is 1. The van der Waals surface area contributed by atoms with Crippen molar-refractivity contribution in [2.24, 2.45) is 5.84 Å². The number of ether oxygens (including phenoxy) is 1. The van der Waals surface area contributed by atoms with Crippen molar-refractivity contribution in [1.82, 2.24) is 15.2 Å². The molecule has 0 radical (unpaired) electrons. The van der Waals surface area contributed by atoms with Crippen LogP contribution in [0.4, 0.5) is 0 Å². The minimum Gasteiger partial charge on any atom is -0.505 e. The van der Waals surface area contributed by atoms with Crippen molar-refractivity contribution in [3.05, 3.63) is 46.4 Å². The van der Waals surface area contributed by atoms with Crippen LogP contribution in [0.1, 0.15) is 10.5 Å². The molecule has 1 heterocycles. The van der Waals surface area contributed by atoms with Crippen LogP contribution in [0.2, 0.25) is 0 Å². The van der Waals surface area contributed by atoms with Gasteiger partial charge in [0, 0.05) is 12.1 Å². The summed E-state index contributed by atoms with van der Waals surface area (Å²) < 4.78 is 6.01. The summed E-state index contributed by atoms with van der Waals surface area (Å²) >= 11 is 0. The maximum atomic E-state index is 11.8. The molecule has 0 spiro atoms. The van der Waals surface area contributed by atoms with Crippen LogP contribution >= 0.6 is 0 Å². The Morgan fingerprint density at radius 2 is 2.20 bits per heavy atom. The van der Waals surface area contributed by atoms with E-state index in [4.69, 9.17) is 10.6 Å². The molecular weight excluding hydrogens is 264 g/mol. The molecule has 4 N–H and O–H groups in total. The third kappa shape index (κ3) is 2.45.